The summed E-state index contributed by atoms with van der Waals surface area (Å²) >= 11 is 0. The molecule has 0 spiro atoms. The maximum Gasteiger partial charge on any atom is 0.404 e. The second-order valence-electron chi connectivity index (χ2n) is 4.94. The van der Waals surface area contributed by atoms with E-state index in [1.807, 2.05) is 0 Å². The highest BCUT2D eigenvalue weighted by molar-refractivity contribution is 5.64. The molecule has 0 aliphatic carbocycles. The summed E-state index contributed by atoms with van der Waals surface area (Å²) in [5.74, 6) is 0. The maximum absolute atomic E-state index is 10.6. The third-order valence-corrected chi connectivity index (χ3v) is 3.32. The van der Waals surface area contributed by atoms with Gasteiger partial charge < -0.3 is 25.8 Å². The molecule has 1 heterocycles. The number of hydrogen-bond acceptors (Lipinski definition) is 5. The molecular weight excluding hydrogens is 246 g/mol. The van der Waals surface area contributed by atoms with E-state index in [9.17, 15) is 4.79 Å². The second kappa shape index (κ2) is 10.00. The lowest BCUT2D eigenvalue weighted by Crippen LogP contribution is -2.39. The van der Waals surface area contributed by atoms with E-state index in [2.05, 4.69) is 4.90 Å². The molecule has 6 heteroatoms. The van der Waals surface area contributed by atoms with Crippen molar-refractivity contribution in [1.82, 2.24) is 4.90 Å². The normalized spacial score (nSPS) is 17.5. The van der Waals surface area contributed by atoms with Crippen molar-refractivity contribution < 1.29 is 14.3 Å². The molecule has 0 atom stereocenters. The van der Waals surface area contributed by atoms with Gasteiger partial charge in [0.05, 0.1) is 0 Å². The number of primary amides is 1. The van der Waals surface area contributed by atoms with E-state index in [4.69, 9.17) is 20.9 Å². The smallest absolute Gasteiger partial charge is 0.404 e. The lowest BCUT2D eigenvalue weighted by Gasteiger charge is -2.31. The monoisotopic (exact) mass is 273 g/mol. The van der Waals surface area contributed by atoms with Crippen LogP contribution in [0, 0.1) is 0 Å². The van der Waals surface area contributed by atoms with E-state index in [-0.39, 0.29) is 6.10 Å². The molecule has 1 fully saturated rings. The average Bonchev–Trinajstić information content (AvgIpc) is 2.39. The molecule has 0 saturated carbocycles. The van der Waals surface area contributed by atoms with Crippen molar-refractivity contribution in [3.8, 4) is 0 Å². The van der Waals surface area contributed by atoms with Crippen LogP contribution in [-0.2, 0) is 9.47 Å². The van der Waals surface area contributed by atoms with E-state index in [0.29, 0.717) is 0 Å². The summed E-state index contributed by atoms with van der Waals surface area (Å²) in [6, 6.07) is 0. The number of rotatable bonds is 9. The van der Waals surface area contributed by atoms with Gasteiger partial charge in [-0.05, 0) is 38.6 Å². The van der Waals surface area contributed by atoms with Gasteiger partial charge in [-0.15, -0.1) is 0 Å². The lowest BCUT2D eigenvalue weighted by molar-refractivity contribution is 0.0515. The summed E-state index contributed by atoms with van der Waals surface area (Å²) in [5.41, 5.74) is 10.4. The van der Waals surface area contributed by atoms with Crippen molar-refractivity contribution in [3.05, 3.63) is 0 Å². The van der Waals surface area contributed by atoms with Crippen molar-refractivity contribution in [2.24, 2.45) is 11.5 Å². The summed E-state index contributed by atoms with van der Waals surface area (Å²) in [6.07, 6.45) is 4.22. The zero-order valence-corrected chi connectivity index (χ0v) is 11.7. The third-order valence-electron chi connectivity index (χ3n) is 3.32. The number of carbonyl (C=O) groups is 1. The topological polar surface area (TPSA) is 90.8 Å². The van der Waals surface area contributed by atoms with Crippen molar-refractivity contribution in [1.29, 1.82) is 0 Å². The van der Waals surface area contributed by atoms with E-state index >= 15 is 0 Å². The first-order valence-electron chi connectivity index (χ1n) is 7.18. The third kappa shape index (κ3) is 8.02. The van der Waals surface area contributed by atoms with Crippen molar-refractivity contribution in [2.45, 2.75) is 38.2 Å². The van der Waals surface area contributed by atoms with E-state index in [1.165, 1.54) is 0 Å². The molecule has 1 saturated heterocycles. The first-order valence-corrected chi connectivity index (χ1v) is 7.18. The molecule has 0 radical (unpaired) electrons. The highest BCUT2D eigenvalue weighted by atomic mass is 16.6. The van der Waals surface area contributed by atoms with Crippen LogP contribution >= 0.6 is 0 Å². The first kappa shape index (κ1) is 16.2. The van der Waals surface area contributed by atoms with Crippen LogP contribution in [0.4, 0.5) is 4.79 Å². The number of hydrogen-bond donors (Lipinski definition) is 2. The Hall–Kier alpha value is -0.850. The van der Waals surface area contributed by atoms with Crippen LogP contribution in [0.2, 0.25) is 0 Å². The van der Waals surface area contributed by atoms with Gasteiger partial charge in [0.15, 0.2) is 0 Å². The standard InChI is InChI=1S/C13H27N3O3/c14-6-1-2-10-18-11-3-7-16-8-4-12(5-9-16)19-13(15)17/h12H,1-11,14H2,(H2,15,17). The second-order valence-corrected chi connectivity index (χ2v) is 4.94. The molecule has 0 aromatic heterocycles. The summed E-state index contributed by atoms with van der Waals surface area (Å²) in [7, 11) is 0. The number of nitrogens with zero attached hydrogens (tertiary/aromatic N) is 1. The number of nitrogens with two attached hydrogens (primary N) is 2. The summed E-state index contributed by atoms with van der Waals surface area (Å²) in [6.45, 7) is 5.33. The highest BCUT2D eigenvalue weighted by Crippen LogP contribution is 2.13. The van der Waals surface area contributed by atoms with Gasteiger partial charge in [-0.1, -0.05) is 0 Å². The predicted octanol–water partition coefficient (Wildman–Crippen LogP) is 0.692. The van der Waals surface area contributed by atoms with Crippen LogP contribution in [0.1, 0.15) is 32.1 Å². The number of amides is 1. The molecule has 0 bridgehead atoms. The zero-order valence-electron chi connectivity index (χ0n) is 11.7. The quantitative estimate of drug-likeness (QED) is 0.603. The average molecular weight is 273 g/mol. The fourth-order valence-electron chi connectivity index (χ4n) is 2.26. The van der Waals surface area contributed by atoms with Crippen LogP contribution in [0.25, 0.3) is 0 Å². The Morgan fingerprint density at radius 1 is 1.16 bits per heavy atom. The molecule has 0 aromatic carbocycles. The minimum atomic E-state index is -0.663. The first-order chi connectivity index (χ1) is 9.22. The van der Waals surface area contributed by atoms with E-state index < -0.39 is 6.09 Å². The predicted molar refractivity (Wildman–Crippen MR) is 73.9 cm³/mol. The van der Waals surface area contributed by atoms with Gasteiger partial charge in [-0.25, -0.2) is 4.79 Å². The van der Waals surface area contributed by atoms with Crippen LogP contribution in [0.5, 0.6) is 0 Å². The number of carbonyl (C=O) groups excluding carboxylic acids is 1. The van der Waals surface area contributed by atoms with E-state index in [0.717, 1.165) is 71.5 Å². The van der Waals surface area contributed by atoms with Crippen molar-refractivity contribution in [3.63, 3.8) is 0 Å². The van der Waals surface area contributed by atoms with Gasteiger partial charge in [0, 0.05) is 32.8 Å². The van der Waals surface area contributed by atoms with Crippen LogP contribution in [0.3, 0.4) is 0 Å². The number of ether oxygens (including phenoxy) is 2. The summed E-state index contributed by atoms with van der Waals surface area (Å²) in [5, 5.41) is 0. The number of likely N-dealkylation sites (tertiary alicyclic amines) is 1. The van der Waals surface area contributed by atoms with Gasteiger partial charge in [-0.2, -0.15) is 0 Å². The van der Waals surface area contributed by atoms with Gasteiger partial charge in [0.2, 0.25) is 0 Å². The van der Waals surface area contributed by atoms with Gasteiger partial charge in [-0.3, -0.25) is 0 Å². The molecule has 0 unspecified atom stereocenters. The molecular formula is C13H27N3O3. The minimum absolute atomic E-state index is 0.00117. The van der Waals surface area contributed by atoms with Crippen molar-refractivity contribution >= 4 is 6.09 Å². The van der Waals surface area contributed by atoms with Crippen LogP contribution < -0.4 is 11.5 Å². The molecule has 1 aliphatic heterocycles. The van der Waals surface area contributed by atoms with E-state index in [1.54, 1.807) is 0 Å². The summed E-state index contributed by atoms with van der Waals surface area (Å²) in [4.78, 5) is 13.0. The van der Waals surface area contributed by atoms with Gasteiger partial charge in [0.1, 0.15) is 6.10 Å². The largest absolute Gasteiger partial charge is 0.446 e. The zero-order chi connectivity index (χ0) is 13.9. The Labute approximate surface area is 115 Å². The Morgan fingerprint density at radius 3 is 2.47 bits per heavy atom. The minimum Gasteiger partial charge on any atom is -0.446 e. The fraction of sp³-hybridized carbons (Fsp3) is 0.923. The highest BCUT2D eigenvalue weighted by Gasteiger charge is 2.20. The van der Waals surface area contributed by atoms with Crippen molar-refractivity contribution in [2.75, 3.05) is 39.4 Å². The van der Waals surface area contributed by atoms with Gasteiger partial charge >= 0.3 is 6.09 Å². The Kier molecular flexibility index (Phi) is 8.53. The molecule has 112 valence electrons. The molecule has 4 N–H and O–H groups in total. The Bertz CT molecular complexity index is 243. The number of unbranched alkanes of at least 4 members (excludes halogenated alkanes) is 1. The Morgan fingerprint density at radius 2 is 1.84 bits per heavy atom. The molecule has 1 aliphatic rings. The summed E-state index contributed by atoms with van der Waals surface area (Å²) < 4.78 is 10.5. The van der Waals surface area contributed by atoms with Gasteiger partial charge in [0.25, 0.3) is 0 Å². The maximum atomic E-state index is 10.6. The lowest BCUT2D eigenvalue weighted by atomic mass is 10.1. The molecule has 1 rings (SSSR count). The van der Waals surface area contributed by atoms with Crippen LogP contribution in [0.15, 0.2) is 0 Å². The molecule has 1 amide bonds. The molecule has 0 aromatic rings. The fourth-order valence-corrected chi connectivity index (χ4v) is 2.26. The Balaban J connectivity index is 1.93. The molecule has 19 heavy (non-hydrogen) atoms. The molecule has 6 nitrogen and oxygen atoms in total. The number of piperidine rings is 1. The SMILES string of the molecule is NCCCCOCCCN1CCC(OC(N)=O)CC1. The van der Waals surface area contributed by atoms with Crippen LogP contribution in [-0.4, -0.2) is 56.5 Å².